The molecular weight excluding hydrogens is 268 g/mol. The first-order valence-corrected chi connectivity index (χ1v) is 7.14. The van der Waals surface area contributed by atoms with Crippen LogP contribution in [0.5, 0.6) is 0 Å². The molecule has 21 heavy (non-hydrogen) atoms. The Balaban J connectivity index is 1.83. The summed E-state index contributed by atoms with van der Waals surface area (Å²) in [5.74, 6) is -0.252. The van der Waals surface area contributed by atoms with Gasteiger partial charge < -0.3 is 10.6 Å². The van der Waals surface area contributed by atoms with Crippen molar-refractivity contribution >= 4 is 17.5 Å². The van der Waals surface area contributed by atoms with Gasteiger partial charge in [-0.2, -0.15) is 5.10 Å². The topological polar surface area (TPSA) is 76.0 Å². The Bertz CT molecular complexity index is 550. The molecule has 1 aromatic heterocycles. The van der Waals surface area contributed by atoms with Crippen molar-refractivity contribution in [2.45, 2.75) is 46.2 Å². The number of hydrogen-bond donors (Lipinski definition) is 2. The van der Waals surface area contributed by atoms with Crippen LogP contribution in [0.25, 0.3) is 0 Å². The molecule has 6 heteroatoms. The van der Waals surface area contributed by atoms with Gasteiger partial charge in [-0.25, -0.2) is 0 Å². The van der Waals surface area contributed by atoms with E-state index in [2.05, 4.69) is 15.7 Å². The van der Waals surface area contributed by atoms with Crippen LogP contribution in [0.3, 0.4) is 0 Å². The van der Waals surface area contributed by atoms with E-state index in [0.29, 0.717) is 11.7 Å². The molecule has 114 valence electrons. The predicted molar refractivity (Wildman–Crippen MR) is 80.6 cm³/mol. The largest absolute Gasteiger partial charge is 0.352 e. The van der Waals surface area contributed by atoms with E-state index in [1.54, 1.807) is 6.20 Å². The fourth-order valence-corrected chi connectivity index (χ4v) is 1.67. The van der Waals surface area contributed by atoms with Crippen molar-refractivity contribution in [1.29, 1.82) is 0 Å². The van der Waals surface area contributed by atoms with Crippen LogP contribution >= 0.6 is 0 Å². The summed E-state index contributed by atoms with van der Waals surface area (Å²) in [6.45, 7) is 6.23. The Morgan fingerprint density at radius 1 is 1.43 bits per heavy atom. The van der Waals surface area contributed by atoms with Crippen LogP contribution in [0.2, 0.25) is 0 Å². The first kappa shape index (κ1) is 15.3. The highest BCUT2D eigenvalue weighted by Gasteiger charge is 2.23. The third-order valence-corrected chi connectivity index (χ3v) is 2.88. The zero-order chi connectivity index (χ0) is 15.5. The van der Waals surface area contributed by atoms with Crippen molar-refractivity contribution < 1.29 is 9.59 Å². The van der Waals surface area contributed by atoms with Gasteiger partial charge in [0.25, 0.3) is 0 Å². The van der Waals surface area contributed by atoms with Crippen LogP contribution in [0.4, 0.5) is 5.69 Å². The summed E-state index contributed by atoms with van der Waals surface area (Å²) in [7, 11) is 0. The lowest BCUT2D eigenvalue weighted by molar-refractivity contribution is -0.122. The Labute approximate surface area is 124 Å². The van der Waals surface area contributed by atoms with Gasteiger partial charge in [0.1, 0.15) is 6.54 Å². The predicted octanol–water partition coefficient (Wildman–Crippen LogP) is 1.70. The molecule has 0 unspecified atom stereocenters. The third-order valence-electron chi connectivity index (χ3n) is 2.88. The molecule has 0 bridgehead atoms. The van der Waals surface area contributed by atoms with E-state index in [4.69, 9.17) is 0 Å². The Morgan fingerprint density at radius 3 is 2.76 bits per heavy atom. The zero-order valence-electron chi connectivity index (χ0n) is 12.7. The van der Waals surface area contributed by atoms with Gasteiger partial charge in [-0.15, -0.1) is 0 Å². The minimum Gasteiger partial charge on any atom is -0.352 e. The second-order valence-corrected chi connectivity index (χ2v) is 6.46. The summed E-state index contributed by atoms with van der Waals surface area (Å²) >= 11 is 0. The second kappa shape index (κ2) is 6.11. The monoisotopic (exact) mass is 290 g/mol. The molecule has 2 rings (SSSR count). The molecule has 1 aliphatic carbocycles. The number of nitrogens with zero attached hydrogens (tertiary/aromatic N) is 2. The lowest BCUT2D eigenvalue weighted by Crippen LogP contribution is -2.29. The van der Waals surface area contributed by atoms with Crippen LogP contribution in [-0.2, 0) is 16.1 Å². The van der Waals surface area contributed by atoms with Crippen molar-refractivity contribution in [2.75, 3.05) is 5.32 Å². The first-order valence-electron chi connectivity index (χ1n) is 7.14. The molecule has 1 aliphatic rings. The number of hydrogen-bond acceptors (Lipinski definition) is 3. The summed E-state index contributed by atoms with van der Waals surface area (Å²) in [6, 6.07) is 0.342. The maximum absolute atomic E-state index is 11.7. The molecule has 2 N–H and O–H groups in total. The fourth-order valence-electron chi connectivity index (χ4n) is 1.67. The standard InChI is InChI=1S/C15H22N4O2/c1-15(2,3)7-6-13(20)18-12-8-16-19(9-12)10-14(21)17-11-4-5-11/h6-9,11H,4-5,10H2,1-3H3,(H,17,21)(H,18,20)/b7-6+. The number of amides is 2. The molecule has 1 saturated carbocycles. The molecule has 0 spiro atoms. The van der Waals surface area contributed by atoms with Gasteiger partial charge in [0.2, 0.25) is 11.8 Å². The van der Waals surface area contributed by atoms with E-state index in [9.17, 15) is 9.59 Å². The third kappa shape index (κ3) is 5.81. The minimum atomic E-state index is -0.202. The molecule has 0 saturated heterocycles. The summed E-state index contributed by atoms with van der Waals surface area (Å²) in [6.07, 6.45) is 8.66. The maximum Gasteiger partial charge on any atom is 0.248 e. The number of allylic oxidation sites excluding steroid dienone is 1. The quantitative estimate of drug-likeness (QED) is 0.810. The van der Waals surface area contributed by atoms with E-state index in [1.165, 1.54) is 17.0 Å². The number of anilines is 1. The van der Waals surface area contributed by atoms with Gasteiger partial charge >= 0.3 is 0 Å². The van der Waals surface area contributed by atoms with Crippen LogP contribution in [0.1, 0.15) is 33.6 Å². The zero-order valence-corrected chi connectivity index (χ0v) is 12.7. The van der Waals surface area contributed by atoms with Gasteiger partial charge in [0.05, 0.1) is 11.9 Å². The number of aromatic nitrogens is 2. The van der Waals surface area contributed by atoms with Crippen molar-refractivity contribution in [3.05, 3.63) is 24.5 Å². The highest BCUT2D eigenvalue weighted by Crippen LogP contribution is 2.18. The molecule has 0 aromatic carbocycles. The fraction of sp³-hybridized carbons (Fsp3) is 0.533. The average Bonchev–Trinajstić information content (AvgIpc) is 3.06. The van der Waals surface area contributed by atoms with E-state index < -0.39 is 0 Å². The summed E-state index contributed by atoms with van der Waals surface area (Å²) < 4.78 is 1.51. The highest BCUT2D eigenvalue weighted by molar-refractivity contribution is 5.99. The lowest BCUT2D eigenvalue weighted by atomic mass is 9.96. The maximum atomic E-state index is 11.7. The second-order valence-electron chi connectivity index (χ2n) is 6.46. The van der Waals surface area contributed by atoms with Gasteiger partial charge in [0, 0.05) is 12.2 Å². The first-order chi connectivity index (χ1) is 9.82. The molecule has 1 fully saturated rings. The van der Waals surface area contributed by atoms with Gasteiger partial charge in [-0.1, -0.05) is 26.8 Å². The smallest absolute Gasteiger partial charge is 0.248 e. The van der Waals surface area contributed by atoms with Gasteiger partial charge in [-0.05, 0) is 24.3 Å². The number of rotatable bonds is 5. The Hall–Kier alpha value is -2.11. The Kier molecular flexibility index (Phi) is 4.45. The Morgan fingerprint density at radius 2 is 2.14 bits per heavy atom. The molecule has 0 atom stereocenters. The molecule has 6 nitrogen and oxygen atoms in total. The average molecular weight is 290 g/mol. The van der Waals surface area contributed by atoms with Crippen LogP contribution in [-0.4, -0.2) is 27.6 Å². The van der Waals surface area contributed by atoms with E-state index in [0.717, 1.165) is 12.8 Å². The van der Waals surface area contributed by atoms with E-state index in [-0.39, 0.29) is 23.8 Å². The molecule has 0 radical (unpaired) electrons. The SMILES string of the molecule is CC(C)(C)/C=C/C(=O)Nc1cnn(CC(=O)NC2CC2)c1. The van der Waals surface area contributed by atoms with Crippen molar-refractivity contribution in [3.63, 3.8) is 0 Å². The van der Waals surface area contributed by atoms with Gasteiger partial charge in [0.15, 0.2) is 0 Å². The highest BCUT2D eigenvalue weighted by atomic mass is 16.2. The van der Waals surface area contributed by atoms with E-state index >= 15 is 0 Å². The van der Waals surface area contributed by atoms with Gasteiger partial charge in [-0.3, -0.25) is 14.3 Å². The van der Waals surface area contributed by atoms with Crippen LogP contribution in [0.15, 0.2) is 24.5 Å². The molecule has 2 amide bonds. The van der Waals surface area contributed by atoms with Crippen LogP contribution in [0, 0.1) is 5.41 Å². The molecule has 1 aromatic rings. The summed E-state index contributed by atoms with van der Waals surface area (Å²) in [5.41, 5.74) is 0.542. The number of nitrogens with one attached hydrogen (secondary N) is 2. The molecule has 1 heterocycles. The van der Waals surface area contributed by atoms with Crippen LogP contribution < -0.4 is 10.6 Å². The van der Waals surface area contributed by atoms with E-state index in [1.807, 2.05) is 26.8 Å². The van der Waals surface area contributed by atoms with Crippen molar-refractivity contribution in [3.8, 4) is 0 Å². The van der Waals surface area contributed by atoms with Crippen molar-refractivity contribution in [2.24, 2.45) is 5.41 Å². The summed E-state index contributed by atoms with van der Waals surface area (Å²) in [5, 5.41) is 9.67. The summed E-state index contributed by atoms with van der Waals surface area (Å²) in [4.78, 5) is 23.4. The normalized spacial score (nSPS) is 15.2. The molecular formula is C15H22N4O2. The minimum absolute atomic E-state index is 0.0393. The number of carbonyl (C=O) groups excluding carboxylic acids is 2. The van der Waals surface area contributed by atoms with Crippen molar-refractivity contribution in [1.82, 2.24) is 15.1 Å². The molecule has 0 aliphatic heterocycles. The number of carbonyl (C=O) groups is 2. The lowest BCUT2D eigenvalue weighted by Gasteiger charge is -2.10.